The van der Waals surface area contributed by atoms with Crippen molar-refractivity contribution in [2.45, 2.75) is 33.2 Å². The third kappa shape index (κ3) is 3.54. The molecule has 0 aromatic carbocycles. The predicted molar refractivity (Wildman–Crippen MR) is 74.3 cm³/mol. The van der Waals surface area contributed by atoms with Crippen LogP contribution in [0.3, 0.4) is 0 Å². The Morgan fingerprint density at radius 1 is 1.37 bits per heavy atom. The molecule has 0 amide bonds. The maximum atomic E-state index is 5.74. The van der Waals surface area contributed by atoms with Crippen molar-refractivity contribution in [2.24, 2.45) is 5.73 Å². The van der Waals surface area contributed by atoms with Gasteiger partial charge >= 0.3 is 0 Å². The number of rotatable bonds is 6. The van der Waals surface area contributed by atoms with E-state index in [-0.39, 0.29) is 0 Å². The minimum absolute atomic E-state index is 0.622. The lowest BCUT2D eigenvalue weighted by molar-refractivity contribution is 0.457. The first-order valence-electron chi connectivity index (χ1n) is 6.58. The van der Waals surface area contributed by atoms with E-state index in [0.29, 0.717) is 12.4 Å². The molecule has 102 valence electrons. The molecule has 0 unspecified atom stereocenters. The summed E-state index contributed by atoms with van der Waals surface area (Å²) in [5.74, 6) is 1.34. The summed E-state index contributed by atoms with van der Waals surface area (Å²) in [6.45, 7) is 5.62. The second kappa shape index (κ2) is 6.33. The molecular weight excluding hydrogens is 240 g/mol. The van der Waals surface area contributed by atoms with Crippen LogP contribution in [0.1, 0.15) is 24.5 Å². The first kappa shape index (κ1) is 13.5. The van der Waals surface area contributed by atoms with Gasteiger partial charge < -0.3 is 10.5 Å². The Kier molecular flexibility index (Phi) is 4.52. The maximum Gasteiger partial charge on any atom is 0.222 e. The van der Waals surface area contributed by atoms with Crippen LogP contribution in [0.15, 0.2) is 24.7 Å². The Morgan fingerprint density at radius 2 is 2.21 bits per heavy atom. The molecule has 0 bridgehead atoms. The Labute approximate surface area is 113 Å². The monoisotopic (exact) mass is 260 g/mol. The minimum Gasteiger partial charge on any atom is -0.435 e. The topological polar surface area (TPSA) is 66.0 Å². The fourth-order valence-electron chi connectivity index (χ4n) is 1.89. The summed E-state index contributed by atoms with van der Waals surface area (Å²) >= 11 is 0. The van der Waals surface area contributed by atoms with E-state index in [2.05, 4.69) is 23.1 Å². The van der Waals surface area contributed by atoms with Crippen molar-refractivity contribution in [3.05, 3.63) is 35.8 Å². The van der Waals surface area contributed by atoms with Crippen molar-refractivity contribution in [2.75, 3.05) is 6.54 Å². The summed E-state index contributed by atoms with van der Waals surface area (Å²) in [7, 11) is 0. The molecule has 2 aromatic rings. The van der Waals surface area contributed by atoms with Crippen LogP contribution in [0.5, 0.6) is 11.6 Å². The summed E-state index contributed by atoms with van der Waals surface area (Å²) in [5.41, 5.74) is 7.68. The Morgan fingerprint density at radius 3 is 2.89 bits per heavy atom. The summed E-state index contributed by atoms with van der Waals surface area (Å²) < 4.78 is 7.61. The molecule has 0 fully saturated rings. The van der Waals surface area contributed by atoms with Gasteiger partial charge in [-0.1, -0.05) is 6.92 Å². The fraction of sp³-hybridized carbons (Fsp3) is 0.429. The molecule has 19 heavy (non-hydrogen) atoms. The molecule has 2 aromatic heterocycles. The molecule has 2 rings (SSSR count). The van der Waals surface area contributed by atoms with Crippen LogP contribution in [0.4, 0.5) is 0 Å². The molecule has 0 atom stereocenters. The van der Waals surface area contributed by atoms with Gasteiger partial charge in [-0.25, -0.2) is 4.98 Å². The number of ether oxygens (including phenoxy) is 1. The van der Waals surface area contributed by atoms with Gasteiger partial charge in [0.1, 0.15) is 0 Å². The van der Waals surface area contributed by atoms with Gasteiger partial charge in [-0.15, -0.1) is 0 Å². The first-order chi connectivity index (χ1) is 9.22. The molecule has 5 heteroatoms. The number of nitrogens with two attached hydrogens (primary N) is 1. The Hall–Kier alpha value is -1.88. The Bertz CT molecular complexity index is 536. The molecule has 0 saturated carbocycles. The van der Waals surface area contributed by atoms with E-state index >= 15 is 0 Å². The van der Waals surface area contributed by atoms with Gasteiger partial charge in [-0.05, 0) is 37.9 Å². The zero-order chi connectivity index (χ0) is 13.7. The normalized spacial score (nSPS) is 10.7. The molecule has 0 radical (unpaired) electrons. The van der Waals surface area contributed by atoms with Crippen LogP contribution in [0.25, 0.3) is 0 Å². The van der Waals surface area contributed by atoms with Crippen LogP contribution in [0, 0.1) is 6.92 Å². The molecule has 5 nitrogen and oxygen atoms in total. The fourth-order valence-corrected chi connectivity index (χ4v) is 1.89. The smallest absolute Gasteiger partial charge is 0.222 e. The number of hydrogen-bond acceptors (Lipinski definition) is 4. The summed E-state index contributed by atoms with van der Waals surface area (Å²) in [4.78, 5) is 4.33. The van der Waals surface area contributed by atoms with Crippen LogP contribution < -0.4 is 10.5 Å². The van der Waals surface area contributed by atoms with E-state index < -0.39 is 0 Å². The quantitative estimate of drug-likeness (QED) is 0.865. The highest BCUT2D eigenvalue weighted by atomic mass is 16.5. The molecule has 2 N–H and O–H groups in total. The zero-order valence-electron chi connectivity index (χ0n) is 11.5. The van der Waals surface area contributed by atoms with Gasteiger partial charge in [0, 0.05) is 18.3 Å². The third-order valence-electron chi connectivity index (χ3n) is 2.80. The highest BCUT2D eigenvalue weighted by Gasteiger charge is 2.06. The molecule has 0 aliphatic carbocycles. The highest BCUT2D eigenvalue weighted by Crippen LogP contribution is 2.22. The first-order valence-corrected chi connectivity index (χ1v) is 6.58. The number of nitrogens with zero attached hydrogens (tertiary/aromatic N) is 3. The molecule has 0 aliphatic rings. The lowest BCUT2D eigenvalue weighted by atomic mass is 10.1. The molecule has 0 saturated heterocycles. The minimum atomic E-state index is 0.622. The van der Waals surface area contributed by atoms with Crippen molar-refractivity contribution >= 4 is 0 Å². The highest BCUT2D eigenvalue weighted by molar-refractivity contribution is 5.32. The molecular formula is C14H20N4O. The maximum absolute atomic E-state index is 5.74. The van der Waals surface area contributed by atoms with Crippen LogP contribution in [-0.4, -0.2) is 21.3 Å². The van der Waals surface area contributed by atoms with Crippen molar-refractivity contribution < 1.29 is 4.74 Å². The van der Waals surface area contributed by atoms with E-state index in [0.717, 1.165) is 36.3 Å². The lowest BCUT2D eigenvalue weighted by Gasteiger charge is -2.07. The zero-order valence-corrected chi connectivity index (χ0v) is 11.5. The average Bonchev–Trinajstić information content (AvgIpc) is 2.81. The van der Waals surface area contributed by atoms with Crippen molar-refractivity contribution in [1.29, 1.82) is 0 Å². The summed E-state index contributed by atoms with van der Waals surface area (Å²) in [6, 6.07) is 2.06. The van der Waals surface area contributed by atoms with Crippen molar-refractivity contribution in [1.82, 2.24) is 14.8 Å². The van der Waals surface area contributed by atoms with Gasteiger partial charge in [0.05, 0.1) is 12.4 Å². The summed E-state index contributed by atoms with van der Waals surface area (Å²) in [6.07, 6.45) is 7.30. The van der Waals surface area contributed by atoms with Crippen molar-refractivity contribution in [3.63, 3.8) is 0 Å². The standard InChI is InChI=1S/C14H20N4O/c1-3-6-18-10-13(9-17-18)19-14-11(2)7-12(4-5-15)8-16-14/h7-10H,3-6,15H2,1-2H3. The number of aromatic nitrogens is 3. The Balaban J connectivity index is 2.09. The SMILES string of the molecule is CCCn1cc(Oc2ncc(CCN)cc2C)cn1. The van der Waals surface area contributed by atoms with E-state index in [1.807, 2.05) is 24.0 Å². The largest absolute Gasteiger partial charge is 0.435 e. The molecule has 0 spiro atoms. The number of pyridine rings is 1. The second-order valence-corrected chi connectivity index (χ2v) is 4.55. The third-order valence-corrected chi connectivity index (χ3v) is 2.80. The van der Waals surface area contributed by atoms with E-state index in [1.54, 1.807) is 6.20 Å². The van der Waals surface area contributed by atoms with E-state index in [4.69, 9.17) is 10.5 Å². The lowest BCUT2D eigenvalue weighted by Crippen LogP contribution is -2.03. The number of hydrogen-bond donors (Lipinski definition) is 1. The van der Waals surface area contributed by atoms with Crippen LogP contribution in [0.2, 0.25) is 0 Å². The predicted octanol–water partition coefficient (Wildman–Crippen LogP) is 2.29. The van der Waals surface area contributed by atoms with Gasteiger partial charge in [0.2, 0.25) is 5.88 Å². The molecule has 0 aliphatic heterocycles. The van der Waals surface area contributed by atoms with Crippen molar-refractivity contribution in [3.8, 4) is 11.6 Å². The van der Waals surface area contributed by atoms with Gasteiger partial charge in [-0.3, -0.25) is 4.68 Å². The van der Waals surface area contributed by atoms with Gasteiger partial charge in [0.25, 0.3) is 0 Å². The number of aryl methyl sites for hydroxylation is 2. The van der Waals surface area contributed by atoms with Gasteiger partial charge in [-0.2, -0.15) is 5.10 Å². The summed E-state index contributed by atoms with van der Waals surface area (Å²) in [5, 5.41) is 4.23. The van der Waals surface area contributed by atoms with E-state index in [1.165, 1.54) is 0 Å². The van der Waals surface area contributed by atoms with Crippen LogP contribution in [-0.2, 0) is 13.0 Å². The molecule has 2 heterocycles. The second-order valence-electron chi connectivity index (χ2n) is 4.55. The van der Waals surface area contributed by atoms with Crippen LogP contribution >= 0.6 is 0 Å². The van der Waals surface area contributed by atoms with E-state index in [9.17, 15) is 0 Å². The average molecular weight is 260 g/mol. The van der Waals surface area contributed by atoms with Gasteiger partial charge in [0.15, 0.2) is 5.75 Å².